The van der Waals surface area contributed by atoms with Crippen molar-refractivity contribution in [2.75, 3.05) is 0 Å². The van der Waals surface area contributed by atoms with Crippen LogP contribution in [0.3, 0.4) is 0 Å². The number of nitrogens with one attached hydrogen (secondary N) is 2. The first-order valence-electron chi connectivity index (χ1n) is 8.13. The molecule has 0 bridgehead atoms. The molecule has 0 saturated carbocycles. The van der Waals surface area contributed by atoms with E-state index in [4.69, 9.17) is 0 Å². The third-order valence-corrected chi connectivity index (χ3v) is 4.51. The summed E-state index contributed by atoms with van der Waals surface area (Å²) < 4.78 is 0. The lowest BCUT2D eigenvalue weighted by Gasteiger charge is -2.32. The largest absolute Gasteiger partial charge is 0.348 e. The van der Waals surface area contributed by atoms with Gasteiger partial charge in [0.25, 0.3) is 0 Å². The zero-order valence-corrected chi connectivity index (χ0v) is 14.4. The lowest BCUT2D eigenvalue weighted by Crippen LogP contribution is -2.56. The van der Waals surface area contributed by atoms with Gasteiger partial charge in [-0.05, 0) is 26.7 Å². The van der Waals surface area contributed by atoms with Crippen molar-refractivity contribution in [3.05, 3.63) is 18.2 Å². The maximum absolute atomic E-state index is 12.8. The minimum atomic E-state index is -0.674. The Labute approximate surface area is 133 Å². The number of aromatic amines is 1. The summed E-state index contributed by atoms with van der Waals surface area (Å²) in [6.07, 6.45) is 6.34. The third kappa shape index (κ3) is 4.77. The van der Waals surface area contributed by atoms with Gasteiger partial charge in [-0.1, -0.05) is 27.2 Å². The van der Waals surface area contributed by atoms with Gasteiger partial charge in [-0.2, -0.15) is 0 Å². The Morgan fingerprint density at radius 3 is 2.55 bits per heavy atom. The standard InChI is InChI=1S/C17H29N3O2/c1-6-8-12(3)16(22)15(9-14-10-18-11-19-14)20-17(5,7-2)13(4)21/h10-12,15,20H,6-9H2,1-5H3,(H,18,19). The highest BCUT2D eigenvalue weighted by Gasteiger charge is 2.34. The molecule has 1 heterocycles. The van der Waals surface area contributed by atoms with Crippen molar-refractivity contribution >= 4 is 11.6 Å². The van der Waals surface area contributed by atoms with Crippen molar-refractivity contribution in [3.63, 3.8) is 0 Å². The first-order chi connectivity index (χ1) is 10.3. The molecule has 1 aromatic rings. The first-order valence-corrected chi connectivity index (χ1v) is 8.13. The number of imidazole rings is 1. The Morgan fingerprint density at radius 2 is 2.09 bits per heavy atom. The van der Waals surface area contributed by atoms with E-state index in [2.05, 4.69) is 22.2 Å². The number of carbonyl (C=O) groups is 2. The number of hydrogen-bond donors (Lipinski definition) is 2. The first kappa shape index (κ1) is 18.6. The maximum Gasteiger partial charge on any atom is 0.152 e. The highest BCUT2D eigenvalue weighted by molar-refractivity contribution is 5.89. The molecule has 0 fully saturated rings. The number of carbonyl (C=O) groups excluding carboxylic acids is 2. The van der Waals surface area contributed by atoms with Crippen molar-refractivity contribution in [2.45, 2.75) is 71.9 Å². The highest BCUT2D eigenvalue weighted by Crippen LogP contribution is 2.17. The van der Waals surface area contributed by atoms with E-state index in [0.29, 0.717) is 12.8 Å². The van der Waals surface area contributed by atoms with Gasteiger partial charge in [-0.15, -0.1) is 0 Å². The minimum absolute atomic E-state index is 0.0153. The van der Waals surface area contributed by atoms with Gasteiger partial charge in [0.05, 0.1) is 17.9 Å². The van der Waals surface area contributed by atoms with Crippen molar-refractivity contribution in [3.8, 4) is 0 Å². The van der Waals surface area contributed by atoms with Crippen LogP contribution < -0.4 is 5.32 Å². The van der Waals surface area contributed by atoms with Crippen molar-refractivity contribution in [1.29, 1.82) is 0 Å². The average Bonchev–Trinajstić information content (AvgIpc) is 2.98. The number of Topliss-reactive ketones (excluding diaryl/α,β-unsaturated/α-hetero) is 2. The molecule has 0 aliphatic carbocycles. The molecule has 1 rings (SSSR count). The van der Waals surface area contributed by atoms with Crippen LogP contribution in [0.25, 0.3) is 0 Å². The number of H-pyrrole nitrogens is 1. The quantitative estimate of drug-likeness (QED) is 0.697. The van der Waals surface area contributed by atoms with Gasteiger partial charge in [-0.3, -0.25) is 14.9 Å². The lowest BCUT2D eigenvalue weighted by atomic mass is 9.88. The van der Waals surface area contributed by atoms with E-state index in [0.717, 1.165) is 18.5 Å². The molecule has 5 heteroatoms. The number of aromatic nitrogens is 2. The maximum atomic E-state index is 12.8. The van der Waals surface area contributed by atoms with Crippen LogP contribution in [-0.4, -0.2) is 33.1 Å². The number of rotatable bonds is 10. The van der Waals surface area contributed by atoms with Gasteiger partial charge < -0.3 is 4.98 Å². The Hall–Kier alpha value is -1.49. The van der Waals surface area contributed by atoms with E-state index in [-0.39, 0.29) is 23.5 Å². The van der Waals surface area contributed by atoms with Crippen LogP contribution in [0, 0.1) is 5.92 Å². The van der Waals surface area contributed by atoms with Crippen molar-refractivity contribution in [1.82, 2.24) is 15.3 Å². The summed E-state index contributed by atoms with van der Waals surface area (Å²) in [6.45, 7) is 9.44. The van der Waals surface area contributed by atoms with Crippen LogP contribution in [0.2, 0.25) is 0 Å². The number of hydrogen-bond acceptors (Lipinski definition) is 4. The van der Waals surface area contributed by atoms with Crippen LogP contribution in [-0.2, 0) is 16.0 Å². The van der Waals surface area contributed by atoms with E-state index in [1.807, 2.05) is 20.8 Å². The van der Waals surface area contributed by atoms with E-state index in [1.165, 1.54) is 0 Å². The monoisotopic (exact) mass is 307 g/mol. The molecule has 1 aromatic heterocycles. The summed E-state index contributed by atoms with van der Waals surface area (Å²) in [4.78, 5) is 31.8. The molecular formula is C17H29N3O2. The Kier molecular flexibility index (Phi) is 6.94. The molecule has 0 radical (unpaired) electrons. The van der Waals surface area contributed by atoms with Crippen LogP contribution >= 0.6 is 0 Å². The fourth-order valence-electron chi connectivity index (χ4n) is 2.59. The highest BCUT2D eigenvalue weighted by atomic mass is 16.1. The number of nitrogens with zero attached hydrogens (tertiary/aromatic N) is 1. The molecule has 0 spiro atoms. The van der Waals surface area contributed by atoms with Gasteiger partial charge in [0.15, 0.2) is 5.78 Å². The average molecular weight is 307 g/mol. The van der Waals surface area contributed by atoms with Gasteiger partial charge in [-0.25, -0.2) is 4.98 Å². The van der Waals surface area contributed by atoms with Gasteiger partial charge in [0.2, 0.25) is 0 Å². The molecule has 5 nitrogen and oxygen atoms in total. The second kappa shape index (κ2) is 8.22. The van der Waals surface area contributed by atoms with Gasteiger partial charge in [0, 0.05) is 24.2 Å². The summed E-state index contributed by atoms with van der Waals surface area (Å²) in [6, 6.07) is -0.379. The van der Waals surface area contributed by atoms with Crippen molar-refractivity contribution in [2.24, 2.45) is 5.92 Å². The molecule has 3 atom stereocenters. The summed E-state index contributed by atoms with van der Waals surface area (Å²) in [7, 11) is 0. The fraction of sp³-hybridized carbons (Fsp3) is 0.706. The molecule has 2 N–H and O–H groups in total. The Balaban J connectivity index is 2.95. The predicted octanol–water partition coefficient (Wildman–Crippen LogP) is 2.67. The molecule has 0 aliphatic rings. The second-order valence-electron chi connectivity index (χ2n) is 6.31. The summed E-state index contributed by atoms with van der Waals surface area (Å²) in [5.74, 6) is 0.205. The van der Waals surface area contributed by atoms with Crippen molar-refractivity contribution < 1.29 is 9.59 Å². The smallest absolute Gasteiger partial charge is 0.152 e. The molecule has 124 valence electrons. The predicted molar refractivity (Wildman–Crippen MR) is 87.7 cm³/mol. The van der Waals surface area contributed by atoms with E-state index in [1.54, 1.807) is 19.4 Å². The topological polar surface area (TPSA) is 74.8 Å². The van der Waals surface area contributed by atoms with E-state index < -0.39 is 5.54 Å². The Bertz CT molecular complexity index is 484. The summed E-state index contributed by atoms with van der Waals surface area (Å²) in [5, 5.41) is 3.31. The minimum Gasteiger partial charge on any atom is -0.348 e. The SMILES string of the molecule is CCCC(C)C(=O)C(Cc1cnc[nH]1)NC(C)(CC)C(C)=O. The molecule has 22 heavy (non-hydrogen) atoms. The lowest BCUT2D eigenvalue weighted by molar-refractivity contribution is -0.127. The second-order valence-corrected chi connectivity index (χ2v) is 6.31. The Morgan fingerprint density at radius 1 is 1.41 bits per heavy atom. The molecule has 0 amide bonds. The summed E-state index contributed by atoms with van der Waals surface area (Å²) >= 11 is 0. The normalized spacial score (nSPS) is 16.8. The molecule has 0 aromatic carbocycles. The molecule has 3 unspecified atom stereocenters. The van der Waals surface area contributed by atoms with Crippen LogP contribution in [0.5, 0.6) is 0 Å². The third-order valence-electron chi connectivity index (χ3n) is 4.51. The van der Waals surface area contributed by atoms with Crippen LogP contribution in [0.4, 0.5) is 0 Å². The van der Waals surface area contributed by atoms with Crippen LogP contribution in [0.1, 0.15) is 59.6 Å². The molecule has 0 aliphatic heterocycles. The van der Waals surface area contributed by atoms with E-state index in [9.17, 15) is 9.59 Å². The van der Waals surface area contributed by atoms with Gasteiger partial charge in [0.1, 0.15) is 5.78 Å². The van der Waals surface area contributed by atoms with Crippen LogP contribution in [0.15, 0.2) is 12.5 Å². The van der Waals surface area contributed by atoms with E-state index >= 15 is 0 Å². The summed E-state index contributed by atoms with van der Waals surface area (Å²) in [5.41, 5.74) is 0.225. The fourth-order valence-corrected chi connectivity index (χ4v) is 2.59. The molecule has 0 saturated heterocycles. The zero-order valence-electron chi connectivity index (χ0n) is 14.4. The zero-order chi connectivity index (χ0) is 16.8. The number of ketones is 2. The van der Waals surface area contributed by atoms with Gasteiger partial charge >= 0.3 is 0 Å². The molecular weight excluding hydrogens is 278 g/mol.